The van der Waals surface area contributed by atoms with Gasteiger partial charge in [0.2, 0.25) is 11.8 Å². The molecule has 2 aromatic rings. The van der Waals surface area contributed by atoms with Crippen LogP contribution in [0.3, 0.4) is 0 Å². The van der Waals surface area contributed by atoms with E-state index in [0.717, 1.165) is 36.2 Å². The van der Waals surface area contributed by atoms with Crippen molar-refractivity contribution in [3.63, 3.8) is 0 Å². The maximum atomic E-state index is 13.5. The Balaban J connectivity index is 1.53. The number of hydrogen-bond acceptors (Lipinski definition) is 4. The normalized spacial score (nSPS) is 20.3. The molecule has 7 heteroatoms. The summed E-state index contributed by atoms with van der Waals surface area (Å²) in [6.45, 7) is 7.84. The van der Waals surface area contributed by atoms with E-state index in [0.29, 0.717) is 37.7 Å². The van der Waals surface area contributed by atoms with E-state index in [4.69, 9.17) is 16.3 Å². The summed E-state index contributed by atoms with van der Waals surface area (Å²) in [6, 6.07) is 15.4. The minimum atomic E-state index is -0.507. The summed E-state index contributed by atoms with van der Waals surface area (Å²) < 4.78 is 5.54. The van der Waals surface area contributed by atoms with Crippen LogP contribution in [0, 0.1) is 5.92 Å². The van der Waals surface area contributed by atoms with Gasteiger partial charge in [-0.15, -0.1) is 0 Å². The summed E-state index contributed by atoms with van der Waals surface area (Å²) in [5.41, 5.74) is 3.36. The lowest BCUT2D eigenvalue weighted by Gasteiger charge is -2.38. The van der Waals surface area contributed by atoms with E-state index in [1.54, 1.807) is 4.90 Å². The number of halogens is 1. The topological polar surface area (TPSA) is 61.9 Å². The smallest absolute Gasteiger partial charge is 0.243 e. The first kappa shape index (κ1) is 24.7. The summed E-state index contributed by atoms with van der Waals surface area (Å²) in [6.07, 6.45) is 1.29. The molecule has 3 atom stereocenters. The van der Waals surface area contributed by atoms with Crippen molar-refractivity contribution in [2.24, 2.45) is 5.92 Å². The first-order chi connectivity index (χ1) is 16.5. The van der Waals surface area contributed by atoms with Gasteiger partial charge in [0, 0.05) is 43.5 Å². The largest absolute Gasteiger partial charge is 0.379 e. The number of morpholine rings is 1. The number of carbonyl (C=O) groups excluding carboxylic acids is 2. The van der Waals surface area contributed by atoms with Crippen molar-refractivity contribution >= 4 is 23.4 Å². The third kappa shape index (κ3) is 5.62. The summed E-state index contributed by atoms with van der Waals surface area (Å²) in [7, 11) is 0. The molecule has 1 saturated heterocycles. The third-order valence-corrected chi connectivity index (χ3v) is 7.33. The second kappa shape index (κ2) is 11.3. The molecule has 1 N–H and O–H groups in total. The van der Waals surface area contributed by atoms with E-state index in [9.17, 15) is 9.59 Å². The van der Waals surface area contributed by atoms with Crippen LogP contribution in [0.15, 0.2) is 48.5 Å². The Bertz CT molecular complexity index is 991. The number of hydrogen-bond donors (Lipinski definition) is 1. The Kier molecular flexibility index (Phi) is 8.24. The number of benzene rings is 2. The van der Waals surface area contributed by atoms with Gasteiger partial charge in [0.1, 0.15) is 6.04 Å². The Hall–Kier alpha value is -2.41. The van der Waals surface area contributed by atoms with Crippen molar-refractivity contribution < 1.29 is 14.3 Å². The molecule has 0 spiro atoms. The molecule has 0 radical (unpaired) electrons. The highest BCUT2D eigenvalue weighted by atomic mass is 35.5. The van der Waals surface area contributed by atoms with Gasteiger partial charge in [-0.2, -0.15) is 0 Å². The van der Waals surface area contributed by atoms with E-state index in [2.05, 4.69) is 22.3 Å². The standard InChI is InChI=1S/C27H34ClN3O3/c1-3-19(2)27(33)31-18-22-7-5-4-6-21(22)16-24(31)26(32)29-17-25(30-12-14-34-15-13-30)20-8-10-23(28)11-9-20/h4-11,19,24-25H,3,12-18H2,1-2H3,(H,29,32). The monoisotopic (exact) mass is 483 g/mol. The van der Waals surface area contributed by atoms with Crippen molar-refractivity contribution in [2.45, 2.75) is 45.3 Å². The highest BCUT2D eigenvalue weighted by molar-refractivity contribution is 6.30. The second-order valence-corrected chi connectivity index (χ2v) is 9.66. The quantitative estimate of drug-likeness (QED) is 0.650. The number of rotatable bonds is 7. The first-order valence-corrected chi connectivity index (χ1v) is 12.6. The van der Waals surface area contributed by atoms with Gasteiger partial charge in [-0.05, 0) is 35.2 Å². The molecule has 0 saturated carbocycles. The van der Waals surface area contributed by atoms with Crippen LogP contribution in [0.1, 0.15) is 43.0 Å². The van der Waals surface area contributed by atoms with Crippen LogP contribution in [0.25, 0.3) is 0 Å². The molecule has 0 aliphatic carbocycles. The fourth-order valence-electron chi connectivity index (χ4n) is 4.79. The summed E-state index contributed by atoms with van der Waals surface area (Å²) in [5.74, 6) is -0.173. The number of amides is 2. The average Bonchev–Trinajstić information content (AvgIpc) is 2.88. The molecular formula is C27H34ClN3O3. The van der Waals surface area contributed by atoms with Crippen LogP contribution in [-0.4, -0.2) is 60.5 Å². The Morgan fingerprint density at radius 3 is 2.44 bits per heavy atom. The molecule has 4 rings (SSSR count). The van der Waals surface area contributed by atoms with Crippen molar-refractivity contribution in [2.75, 3.05) is 32.8 Å². The van der Waals surface area contributed by atoms with Crippen LogP contribution < -0.4 is 5.32 Å². The van der Waals surface area contributed by atoms with E-state index < -0.39 is 6.04 Å². The number of fused-ring (bicyclic) bond motifs is 1. The van der Waals surface area contributed by atoms with E-state index in [1.807, 2.05) is 50.2 Å². The van der Waals surface area contributed by atoms with Gasteiger partial charge >= 0.3 is 0 Å². The van der Waals surface area contributed by atoms with Crippen molar-refractivity contribution in [1.82, 2.24) is 15.1 Å². The number of nitrogens with zero attached hydrogens (tertiary/aromatic N) is 2. The third-order valence-electron chi connectivity index (χ3n) is 7.08. The number of ether oxygens (including phenoxy) is 1. The van der Waals surface area contributed by atoms with Gasteiger partial charge in [0.25, 0.3) is 0 Å². The minimum Gasteiger partial charge on any atom is -0.379 e. The summed E-state index contributed by atoms with van der Waals surface area (Å²) >= 11 is 6.11. The van der Waals surface area contributed by atoms with Gasteiger partial charge < -0.3 is 15.0 Å². The zero-order valence-corrected chi connectivity index (χ0v) is 20.8. The van der Waals surface area contributed by atoms with Gasteiger partial charge in [-0.3, -0.25) is 14.5 Å². The molecule has 2 heterocycles. The molecule has 0 bridgehead atoms. The lowest BCUT2D eigenvalue weighted by molar-refractivity contribution is -0.144. The van der Waals surface area contributed by atoms with Gasteiger partial charge in [0.05, 0.1) is 19.3 Å². The summed E-state index contributed by atoms with van der Waals surface area (Å²) in [4.78, 5) is 30.9. The lowest BCUT2D eigenvalue weighted by atomic mass is 9.92. The molecule has 182 valence electrons. The van der Waals surface area contributed by atoms with Crippen molar-refractivity contribution in [3.05, 3.63) is 70.2 Å². The van der Waals surface area contributed by atoms with E-state index in [-0.39, 0.29) is 23.8 Å². The summed E-state index contributed by atoms with van der Waals surface area (Å²) in [5, 5.41) is 3.88. The van der Waals surface area contributed by atoms with E-state index >= 15 is 0 Å². The molecule has 2 aliphatic heterocycles. The predicted octanol–water partition coefficient (Wildman–Crippen LogP) is 3.83. The Labute approximate surface area is 207 Å². The fourth-order valence-corrected chi connectivity index (χ4v) is 4.92. The van der Waals surface area contributed by atoms with Crippen molar-refractivity contribution in [1.29, 1.82) is 0 Å². The molecule has 0 aromatic heterocycles. The highest BCUT2D eigenvalue weighted by Crippen LogP contribution is 2.27. The number of carbonyl (C=O) groups is 2. The predicted molar refractivity (Wildman–Crippen MR) is 134 cm³/mol. The van der Waals surface area contributed by atoms with Gasteiger partial charge in [-0.25, -0.2) is 0 Å². The van der Waals surface area contributed by atoms with Gasteiger partial charge in [-0.1, -0.05) is 61.8 Å². The van der Waals surface area contributed by atoms with Crippen LogP contribution in [-0.2, 0) is 27.3 Å². The maximum Gasteiger partial charge on any atom is 0.243 e. The highest BCUT2D eigenvalue weighted by Gasteiger charge is 2.36. The SMILES string of the molecule is CCC(C)C(=O)N1Cc2ccccc2CC1C(=O)NCC(c1ccc(Cl)cc1)N1CCOCC1. The molecular weight excluding hydrogens is 450 g/mol. The molecule has 3 unspecified atom stereocenters. The zero-order valence-electron chi connectivity index (χ0n) is 20.0. The first-order valence-electron chi connectivity index (χ1n) is 12.2. The Morgan fingerprint density at radius 1 is 1.09 bits per heavy atom. The second-order valence-electron chi connectivity index (χ2n) is 9.22. The fraction of sp³-hybridized carbons (Fsp3) is 0.481. The molecule has 2 amide bonds. The van der Waals surface area contributed by atoms with Crippen LogP contribution in [0.2, 0.25) is 5.02 Å². The van der Waals surface area contributed by atoms with E-state index in [1.165, 1.54) is 0 Å². The molecule has 34 heavy (non-hydrogen) atoms. The minimum absolute atomic E-state index is 0.0136. The maximum absolute atomic E-state index is 13.5. The Morgan fingerprint density at radius 2 is 1.76 bits per heavy atom. The zero-order chi connectivity index (χ0) is 24.1. The number of nitrogens with one attached hydrogen (secondary N) is 1. The van der Waals surface area contributed by atoms with Crippen LogP contribution >= 0.6 is 11.6 Å². The van der Waals surface area contributed by atoms with Crippen LogP contribution in [0.5, 0.6) is 0 Å². The van der Waals surface area contributed by atoms with Crippen molar-refractivity contribution in [3.8, 4) is 0 Å². The van der Waals surface area contributed by atoms with Crippen LogP contribution in [0.4, 0.5) is 0 Å². The van der Waals surface area contributed by atoms with Gasteiger partial charge in [0.15, 0.2) is 0 Å². The molecule has 1 fully saturated rings. The molecule has 2 aliphatic rings. The molecule has 6 nitrogen and oxygen atoms in total. The average molecular weight is 484 g/mol. The molecule has 2 aromatic carbocycles. The lowest BCUT2D eigenvalue weighted by Crippen LogP contribution is -2.55.